The fourth-order valence-electron chi connectivity index (χ4n) is 4.87. The van der Waals surface area contributed by atoms with Gasteiger partial charge in [-0.05, 0) is 71.0 Å². The smallest absolute Gasteiger partial charge is 0.315 e. The van der Waals surface area contributed by atoms with Crippen LogP contribution in [-0.2, 0) is 31.0 Å². The van der Waals surface area contributed by atoms with Crippen molar-refractivity contribution in [1.82, 2.24) is 32.6 Å². The number of halogens is 7. The van der Waals surface area contributed by atoms with Crippen LogP contribution in [0.5, 0.6) is 0 Å². The van der Waals surface area contributed by atoms with Gasteiger partial charge in [-0.1, -0.05) is 35.4 Å². The number of rotatable bonds is 8. The number of alkyl halides is 6. The Kier molecular flexibility index (Phi) is 13.0. The van der Waals surface area contributed by atoms with Crippen LogP contribution in [0.25, 0.3) is 22.3 Å². The van der Waals surface area contributed by atoms with Crippen LogP contribution >= 0.6 is 12.4 Å². The van der Waals surface area contributed by atoms with E-state index in [9.17, 15) is 47.4 Å². The van der Waals surface area contributed by atoms with Crippen molar-refractivity contribution in [2.75, 3.05) is 0 Å². The minimum Gasteiger partial charge on any atom is -0.315 e. The molecule has 4 heterocycles. The van der Waals surface area contributed by atoms with Gasteiger partial charge in [0.25, 0.3) is 20.0 Å². The fraction of sp³-hybridized carbons (Fsp3) is 0.294. The Morgan fingerprint density at radius 1 is 0.667 bits per heavy atom. The summed E-state index contributed by atoms with van der Waals surface area (Å²) >= 11 is 0. The molecule has 0 spiro atoms. The minimum absolute atomic E-state index is 0. The number of nitrogens with one attached hydrogen (secondary N) is 1. The Labute approximate surface area is 331 Å². The average Bonchev–Trinajstić information content (AvgIpc) is 3.74. The van der Waals surface area contributed by atoms with Crippen LogP contribution in [0.2, 0.25) is 0 Å². The number of aryl methyl sites for hydroxylation is 2. The molecule has 0 saturated heterocycles. The Hall–Kier alpha value is -4.48. The third kappa shape index (κ3) is 9.80. The summed E-state index contributed by atoms with van der Waals surface area (Å²) in [5, 5.41) is 0. The van der Waals surface area contributed by atoms with Crippen molar-refractivity contribution >= 4 is 65.8 Å². The zero-order chi connectivity index (χ0) is 41.6. The fourth-order valence-corrected chi connectivity index (χ4v) is 8.29. The van der Waals surface area contributed by atoms with Gasteiger partial charge in [0.05, 0.1) is 49.3 Å². The van der Waals surface area contributed by atoms with Crippen molar-refractivity contribution in [1.29, 1.82) is 0 Å². The summed E-state index contributed by atoms with van der Waals surface area (Å²) in [7, 11) is -9.97. The number of hydrogen-bond donors (Lipinski definition) is 2. The van der Waals surface area contributed by atoms with Gasteiger partial charge < -0.3 is 5.73 Å². The molecule has 13 nitrogen and oxygen atoms in total. The summed E-state index contributed by atoms with van der Waals surface area (Å²) in [5.74, 6) is 0. The Bertz CT molecular complexity index is 2630. The van der Waals surface area contributed by atoms with E-state index in [1.165, 1.54) is 69.6 Å². The maximum absolute atomic E-state index is 13.6. The van der Waals surface area contributed by atoms with Crippen molar-refractivity contribution in [3.63, 3.8) is 0 Å². The number of nitrogens with two attached hydrogens (primary N) is 1. The molecule has 2 unspecified atom stereocenters. The topological polar surface area (TPSA) is 185 Å². The van der Waals surface area contributed by atoms with Gasteiger partial charge in [0, 0.05) is 12.4 Å². The number of fused-ring (bicyclic) bond motifs is 2. The van der Waals surface area contributed by atoms with Gasteiger partial charge in [0.15, 0.2) is 17.3 Å². The molecule has 308 valence electrons. The van der Waals surface area contributed by atoms with Gasteiger partial charge in [0.1, 0.15) is 17.1 Å². The zero-order valence-electron chi connectivity index (χ0n) is 30.4. The van der Waals surface area contributed by atoms with E-state index in [4.69, 9.17) is 5.73 Å². The molecule has 0 aliphatic rings. The SMILES string of the molecule is Cc1ccc(S(=O)(=O)n2ccc3nc(C(N)C(F)(F)F)cnc32)cc1.Cc1ccc(S(=O)(=O)n2ccc3nc(C(N[S@@](=O)C(C)(C)C)C(F)(F)F)cnc32)cc1.Cl. The lowest BCUT2D eigenvalue weighted by Crippen LogP contribution is -2.42. The molecule has 0 bridgehead atoms. The van der Waals surface area contributed by atoms with Crippen molar-refractivity contribution in [2.24, 2.45) is 5.73 Å². The molecule has 3 N–H and O–H groups in total. The highest BCUT2D eigenvalue weighted by Crippen LogP contribution is 2.34. The number of hydrogen-bond acceptors (Lipinski definition) is 10. The first kappa shape index (κ1) is 45.2. The number of aromatic nitrogens is 6. The quantitative estimate of drug-likeness (QED) is 0.158. The summed E-state index contributed by atoms with van der Waals surface area (Å²) in [6.45, 7) is 8.24. The van der Waals surface area contributed by atoms with E-state index in [0.29, 0.717) is 0 Å². The molecule has 0 fully saturated rings. The Morgan fingerprint density at radius 2 is 1.05 bits per heavy atom. The van der Waals surface area contributed by atoms with E-state index in [1.54, 1.807) is 24.3 Å². The lowest BCUT2D eigenvalue weighted by molar-refractivity contribution is -0.153. The number of nitrogens with zero attached hydrogens (tertiary/aromatic N) is 6. The van der Waals surface area contributed by atoms with Crippen LogP contribution < -0.4 is 10.5 Å². The highest BCUT2D eigenvalue weighted by Gasteiger charge is 2.44. The lowest BCUT2D eigenvalue weighted by atomic mass is 10.2. The molecule has 0 amide bonds. The molecule has 0 radical (unpaired) electrons. The van der Waals surface area contributed by atoms with E-state index in [0.717, 1.165) is 31.5 Å². The van der Waals surface area contributed by atoms with Gasteiger partial charge in [-0.15, -0.1) is 12.4 Å². The normalized spacial score (nSPS) is 14.4. The van der Waals surface area contributed by atoms with E-state index in [-0.39, 0.29) is 44.5 Å². The van der Waals surface area contributed by atoms with Crippen LogP contribution in [0.4, 0.5) is 26.3 Å². The van der Waals surface area contributed by atoms with E-state index in [2.05, 4.69) is 24.7 Å². The van der Waals surface area contributed by atoms with Gasteiger partial charge in [-0.25, -0.2) is 53.6 Å². The largest absolute Gasteiger partial charge is 0.410 e. The molecule has 57 heavy (non-hydrogen) atoms. The highest BCUT2D eigenvalue weighted by atomic mass is 35.5. The van der Waals surface area contributed by atoms with Crippen LogP contribution in [0.1, 0.15) is 55.4 Å². The van der Waals surface area contributed by atoms with Crippen molar-refractivity contribution in [3.8, 4) is 0 Å². The maximum Gasteiger partial charge on any atom is 0.410 e. The Morgan fingerprint density at radius 3 is 1.42 bits per heavy atom. The summed E-state index contributed by atoms with van der Waals surface area (Å²) in [4.78, 5) is 15.6. The van der Waals surface area contributed by atoms with Crippen LogP contribution in [0.3, 0.4) is 0 Å². The second kappa shape index (κ2) is 16.4. The molecule has 2 aromatic carbocycles. The molecule has 0 aliphatic carbocycles. The molecule has 3 atom stereocenters. The van der Waals surface area contributed by atoms with Crippen molar-refractivity contribution < 1.29 is 47.4 Å². The monoisotopic (exact) mass is 880 g/mol. The van der Waals surface area contributed by atoms with Crippen LogP contribution in [0.15, 0.2) is 95.2 Å². The molecular weight excluding hydrogens is 846 g/mol. The maximum atomic E-state index is 13.6. The summed E-state index contributed by atoms with van der Waals surface area (Å²) in [6.07, 6.45) is -5.40. The summed E-state index contributed by atoms with van der Waals surface area (Å²) < 4.78 is 145. The molecule has 4 aromatic heterocycles. The zero-order valence-corrected chi connectivity index (χ0v) is 33.7. The predicted octanol–water partition coefficient (Wildman–Crippen LogP) is 6.59. The average molecular weight is 881 g/mol. The van der Waals surface area contributed by atoms with E-state index >= 15 is 0 Å². The lowest BCUT2D eigenvalue weighted by Gasteiger charge is -2.25. The van der Waals surface area contributed by atoms with Gasteiger partial charge in [0.2, 0.25) is 0 Å². The highest BCUT2D eigenvalue weighted by molar-refractivity contribution is 7.90. The van der Waals surface area contributed by atoms with Crippen molar-refractivity contribution in [2.45, 2.75) is 73.6 Å². The minimum atomic E-state index is -4.79. The van der Waals surface area contributed by atoms with Crippen LogP contribution in [-0.4, -0.2) is 66.0 Å². The molecule has 23 heteroatoms. The molecule has 6 aromatic rings. The number of benzene rings is 2. The first-order valence-corrected chi connectivity index (χ1v) is 20.2. The summed E-state index contributed by atoms with van der Waals surface area (Å²) in [6, 6.07) is 10.2. The van der Waals surface area contributed by atoms with Crippen LogP contribution in [0, 0.1) is 13.8 Å². The summed E-state index contributed by atoms with van der Waals surface area (Å²) in [5.41, 5.74) is 5.67. The second-order valence-corrected chi connectivity index (χ2v) is 19.0. The van der Waals surface area contributed by atoms with E-state index in [1.807, 2.05) is 13.8 Å². The Balaban J connectivity index is 0.000000254. The van der Waals surface area contributed by atoms with E-state index < -0.39 is 71.6 Å². The molecular formula is C34H35ClF6N8O5S3. The van der Waals surface area contributed by atoms with Crippen molar-refractivity contribution in [3.05, 3.63) is 108 Å². The third-order valence-corrected chi connectivity index (χ3v) is 12.9. The predicted molar refractivity (Wildman–Crippen MR) is 203 cm³/mol. The third-order valence-electron chi connectivity index (χ3n) is 7.98. The van der Waals surface area contributed by atoms with Gasteiger partial charge in [-0.2, -0.15) is 26.3 Å². The van der Waals surface area contributed by atoms with Gasteiger partial charge in [-0.3, -0.25) is 0 Å². The molecule has 0 aliphatic heterocycles. The molecule has 0 saturated carbocycles. The second-order valence-electron chi connectivity index (χ2n) is 13.4. The standard InChI is InChI=1S/C19H21F3N4O3S2.C15H13F3N4O2S.ClH/c1-12-5-7-13(8-6-12)31(28,29)26-10-9-14-17(26)23-11-15(24-14)16(19(20,21)22)25-30(27)18(2,3)4;1-9-2-4-10(5-3-9)25(23,24)22-7-6-11-14(22)20-8-12(21-11)13(19)15(16,17)18;/h5-11,16,25H,1-4H3;2-8,13H,19H2,1H3;1H/t16?,30-;;/m0../s1. The van der Waals surface area contributed by atoms with Gasteiger partial charge >= 0.3 is 12.4 Å². The first-order valence-electron chi connectivity index (χ1n) is 16.2. The molecule has 6 rings (SSSR count). The first-order chi connectivity index (χ1) is 25.8.